The molecule has 1 aliphatic heterocycles. The molecule has 3 atom stereocenters. The van der Waals surface area contributed by atoms with Crippen LogP contribution in [0.25, 0.3) is 10.9 Å². The van der Waals surface area contributed by atoms with Crippen molar-refractivity contribution in [1.29, 1.82) is 0 Å². The van der Waals surface area contributed by atoms with Gasteiger partial charge >= 0.3 is 5.97 Å². The lowest BCUT2D eigenvalue weighted by Crippen LogP contribution is -2.41. The van der Waals surface area contributed by atoms with Crippen molar-refractivity contribution in [1.82, 2.24) is 9.88 Å². The summed E-state index contributed by atoms with van der Waals surface area (Å²) in [5, 5.41) is 22.2. The van der Waals surface area contributed by atoms with Gasteiger partial charge in [-0.3, -0.25) is 9.78 Å². The highest BCUT2D eigenvalue weighted by atomic mass is 35.5. The summed E-state index contributed by atoms with van der Waals surface area (Å²) in [6.07, 6.45) is 7.82. The highest BCUT2D eigenvalue weighted by molar-refractivity contribution is 6.30. The molecule has 1 aromatic heterocycles. The molecule has 3 aromatic rings. The number of aliphatic hydroxyl groups excluding tert-OH is 1. The molecule has 1 aliphatic rings. The number of nitrogens with zero attached hydrogens (tertiary/aromatic N) is 2. The van der Waals surface area contributed by atoms with Gasteiger partial charge in [-0.1, -0.05) is 23.7 Å². The average molecular weight is 539 g/mol. The number of halogens is 1. The number of carbonyl (C=O) groups is 1. The molecule has 4 rings (SSSR count). The molecule has 6 nitrogen and oxygen atoms in total. The third-order valence-electron chi connectivity index (χ3n) is 7.94. The lowest BCUT2D eigenvalue weighted by Gasteiger charge is -2.39. The number of hydrogen-bond acceptors (Lipinski definition) is 5. The third-order valence-corrected chi connectivity index (χ3v) is 8.17. The van der Waals surface area contributed by atoms with Crippen molar-refractivity contribution in [3.05, 3.63) is 70.9 Å². The molecule has 1 fully saturated rings. The number of aryl methyl sites for hydroxylation is 1. The summed E-state index contributed by atoms with van der Waals surface area (Å²) in [6, 6.07) is 15.7. The zero-order valence-corrected chi connectivity index (χ0v) is 22.9. The van der Waals surface area contributed by atoms with Crippen LogP contribution in [0.2, 0.25) is 5.02 Å². The van der Waals surface area contributed by atoms with E-state index in [2.05, 4.69) is 16.0 Å². The lowest BCUT2D eigenvalue weighted by molar-refractivity contribution is -0.137. The fourth-order valence-electron chi connectivity index (χ4n) is 5.82. The number of likely N-dealkylation sites (tertiary alicyclic amines) is 1. The summed E-state index contributed by atoms with van der Waals surface area (Å²) in [6.45, 7) is 2.99. The Bertz CT molecular complexity index is 1200. The number of aliphatic carboxylic acids is 1. The number of pyridine rings is 1. The maximum absolute atomic E-state index is 11.3. The average Bonchev–Trinajstić information content (AvgIpc) is 2.92. The van der Waals surface area contributed by atoms with Gasteiger partial charge in [-0.15, -0.1) is 0 Å². The Balaban J connectivity index is 1.32. The molecule has 0 bridgehead atoms. The highest BCUT2D eigenvalue weighted by Crippen LogP contribution is 2.35. The van der Waals surface area contributed by atoms with Crippen molar-refractivity contribution in [3.63, 3.8) is 0 Å². The normalized spacial score (nSPS) is 18.9. The smallest absolute Gasteiger partial charge is 0.303 e. The quantitative estimate of drug-likeness (QED) is 0.240. The predicted molar refractivity (Wildman–Crippen MR) is 152 cm³/mol. The number of hydrogen-bond donors (Lipinski definition) is 2. The van der Waals surface area contributed by atoms with Gasteiger partial charge in [0.1, 0.15) is 5.75 Å². The molecule has 1 saturated heterocycles. The predicted octanol–water partition coefficient (Wildman–Crippen LogP) is 6.54. The van der Waals surface area contributed by atoms with E-state index < -0.39 is 12.1 Å². The molecule has 204 valence electrons. The van der Waals surface area contributed by atoms with Gasteiger partial charge in [0.2, 0.25) is 0 Å². The van der Waals surface area contributed by atoms with E-state index in [9.17, 15) is 15.0 Å². The van der Waals surface area contributed by atoms with Gasteiger partial charge < -0.3 is 19.8 Å². The number of piperidine rings is 1. The van der Waals surface area contributed by atoms with Crippen LogP contribution in [0.15, 0.2) is 54.7 Å². The second-order valence-electron chi connectivity index (χ2n) is 10.5. The Hall–Kier alpha value is -2.67. The number of unbranched alkanes of at least 4 members (excludes halogenated alkanes) is 1. The van der Waals surface area contributed by atoms with Crippen molar-refractivity contribution in [2.75, 3.05) is 26.7 Å². The van der Waals surface area contributed by atoms with Gasteiger partial charge in [0.15, 0.2) is 0 Å². The minimum absolute atomic E-state index is 0.196. The first kappa shape index (κ1) is 28.3. The highest BCUT2D eigenvalue weighted by Gasteiger charge is 2.30. The minimum atomic E-state index is -0.736. The fraction of sp³-hybridized carbons (Fsp3) is 0.484. The Morgan fingerprint density at radius 1 is 1.16 bits per heavy atom. The molecule has 0 saturated carbocycles. The summed E-state index contributed by atoms with van der Waals surface area (Å²) in [5.41, 5.74) is 2.98. The van der Waals surface area contributed by atoms with Crippen molar-refractivity contribution >= 4 is 28.5 Å². The molecular weight excluding hydrogens is 500 g/mol. The molecule has 38 heavy (non-hydrogen) atoms. The summed E-state index contributed by atoms with van der Waals surface area (Å²) in [4.78, 5) is 18.3. The van der Waals surface area contributed by atoms with Crippen LogP contribution in [-0.4, -0.2) is 52.8 Å². The second-order valence-corrected chi connectivity index (χ2v) is 10.9. The number of aliphatic hydroxyl groups is 1. The van der Waals surface area contributed by atoms with E-state index in [0.717, 1.165) is 79.0 Å². The van der Waals surface area contributed by atoms with Gasteiger partial charge in [-0.05, 0) is 117 Å². The van der Waals surface area contributed by atoms with Crippen LogP contribution in [0.3, 0.4) is 0 Å². The van der Waals surface area contributed by atoms with Crippen molar-refractivity contribution in [2.24, 2.45) is 11.8 Å². The number of aromatic nitrogens is 1. The van der Waals surface area contributed by atoms with E-state index >= 15 is 0 Å². The Kier molecular flexibility index (Phi) is 10.4. The van der Waals surface area contributed by atoms with Gasteiger partial charge in [0.05, 0.1) is 18.7 Å². The Morgan fingerprint density at radius 2 is 2.03 bits per heavy atom. The molecule has 2 heterocycles. The Labute approximate surface area is 230 Å². The van der Waals surface area contributed by atoms with Crippen molar-refractivity contribution < 1.29 is 19.7 Å². The largest absolute Gasteiger partial charge is 0.497 e. The van der Waals surface area contributed by atoms with Gasteiger partial charge in [-0.25, -0.2) is 0 Å². The molecule has 0 spiro atoms. The Morgan fingerprint density at radius 3 is 2.82 bits per heavy atom. The number of benzene rings is 2. The van der Waals surface area contributed by atoms with Crippen LogP contribution in [0.4, 0.5) is 0 Å². The first-order chi connectivity index (χ1) is 18.4. The van der Waals surface area contributed by atoms with Crippen molar-refractivity contribution in [2.45, 2.75) is 57.5 Å². The van der Waals surface area contributed by atoms with E-state index in [-0.39, 0.29) is 6.42 Å². The summed E-state index contributed by atoms with van der Waals surface area (Å²) < 4.78 is 5.38. The van der Waals surface area contributed by atoms with E-state index in [4.69, 9.17) is 16.3 Å². The lowest BCUT2D eigenvalue weighted by atomic mass is 9.79. The number of fused-ring (bicyclic) bond motifs is 1. The van der Waals surface area contributed by atoms with Gasteiger partial charge in [-0.2, -0.15) is 0 Å². The molecule has 2 aromatic carbocycles. The van der Waals surface area contributed by atoms with E-state index in [1.54, 1.807) is 13.3 Å². The second kappa shape index (κ2) is 13.9. The van der Waals surface area contributed by atoms with Crippen LogP contribution in [0, 0.1) is 11.8 Å². The summed E-state index contributed by atoms with van der Waals surface area (Å²) >= 11 is 6.11. The number of rotatable bonds is 13. The zero-order chi connectivity index (χ0) is 26.9. The van der Waals surface area contributed by atoms with Crippen LogP contribution < -0.4 is 4.74 Å². The van der Waals surface area contributed by atoms with Crippen LogP contribution in [0.1, 0.15) is 62.2 Å². The standard InChI is InChI=1S/C31H39ClN2O4/c1-38-26-10-11-29-28(20-26)27(14-16-33-29)30(35)12-8-23-15-18-34(21-24(23)9-13-31(36)37)17-3-2-5-22-6-4-7-25(32)19-22/h4,6-7,10-11,14,16,19-20,23-24,30,35H,2-3,5,8-9,12-13,15,17-18,21H2,1H3,(H,36,37)/t23-,24+,30?/m1/s1. The summed E-state index contributed by atoms with van der Waals surface area (Å²) in [5.74, 6) is 0.746. The minimum Gasteiger partial charge on any atom is -0.497 e. The fourth-order valence-corrected chi connectivity index (χ4v) is 6.04. The van der Waals surface area contributed by atoms with Crippen molar-refractivity contribution in [3.8, 4) is 5.75 Å². The molecule has 2 N–H and O–H groups in total. The number of methoxy groups -OCH3 is 1. The molecular formula is C31H39ClN2O4. The van der Waals surface area contributed by atoms with Crippen LogP contribution >= 0.6 is 11.6 Å². The molecule has 0 aliphatic carbocycles. The number of carboxylic acid groups (broad SMARTS) is 1. The molecule has 0 radical (unpaired) electrons. The first-order valence-electron chi connectivity index (χ1n) is 13.7. The van der Waals surface area contributed by atoms with Crippen LogP contribution in [0.5, 0.6) is 5.75 Å². The molecule has 0 amide bonds. The molecule has 1 unspecified atom stereocenters. The van der Waals surface area contributed by atoms with Gasteiger partial charge in [0.25, 0.3) is 0 Å². The SMILES string of the molecule is COc1ccc2nccc(C(O)CC[C@@H]3CCN(CCCCc4cccc(Cl)c4)C[C@@H]3CCC(=O)O)c2c1. The van der Waals surface area contributed by atoms with E-state index in [1.807, 2.05) is 42.5 Å². The monoisotopic (exact) mass is 538 g/mol. The number of ether oxygens (including phenoxy) is 1. The maximum Gasteiger partial charge on any atom is 0.303 e. The third kappa shape index (κ3) is 7.92. The van der Waals surface area contributed by atoms with Gasteiger partial charge in [0, 0.05) is 29.6 Å². The molecule has 7 heteroatoms. The zero-order valence-electron chi connectivity index (χ0n) is 22.2. The van der Waals surface area contributed by atoms with Crippen LogP contribution in [-0.2, 0) is 11.2 Å². The van der Waals surface area contributed by atoms with E-state index in [1.165, 1.54) is 5.56 Å². The number of carboxylic acids is 1. The topological polar surface area (TPSA) is 82.9 Å². The first-order valence-corrected chi connectivity index (χ1v) is 14.1. The summed E-state index contributed by atoms with van der Waals surface area (Å²) in [7, 11) is 1.64. The van der Waals surface area contributed by atoms with E-state index in [0.29, 0.717) is 24.7 Å². The maximum atomic E-state index is 11.3.